The van der Waals surface area contributed by atoms with Gasteiger partial charge in [0.25, 0.3) is 0 Å². The van der Waals surface area contributed by atoms with Crippen molar-refractivity contribution in [1.29, 1.82) is 0 Å². The lowest BCUT2D eigenvalue weighted by Crippen LogP contribution is -2.41. The number of aliphatic hydroxyl groups is 2. The van der Waals surface area contributed by atoms with Gasteiger partial charge in [-0.1, -0.05) is 26.7 Å². The SMILES string of the molecule is CCCC(O)C1(OC2(C(O)CCC)CC2)CC1. The van der Waals surface area contributed by atoms with Gasteiger partial charge in [0.05, 0.1) is 23.4 Å². The third-order valence-corrected chi connectivity index (χ3v) is 4.23. The van der Waals surface area contributed by atoms with E-state index in [0.29, 0.717) is 0 Å². The summed E-state index contributed by atoms with van der Waals surface area (Å²) in [6.45, 7) is 4.16. The Hall–Kier alpha value is -0.120. The Kier molecular flexibility index (Phi) is 3.81. The van der Waals surface area contributed by atoms with Gasteiger partial charge in [-0.25, -0.2) is 0 Å². The number of hydrogen-bond donors (Lipinski definition) is 2. The molecule has 2 rings (SSSR count). The molecule has 0 aromatic carbocycles. The summed E-state index contributed by atoms with van der Waals surface area (Å²) in [6, 6.07) is 0. The molecule has 17 heavy (non-hydrogen) atoms. The largest absolute Gasteiger partial charge is 0.390 e. The van der Waals surface area contributed by atoms with Crippen molar-refractivity contribution in [3.8, 4) is 0 Å². The van der Waals surface area contributed by atoms with Crippen molar-refractivity contribution in [1.82, 2.24) is 0 Å². The summed E-state index contributed by atoms with van der Waals surface area (Å²) in [4.78, 5) is 0. The zero-order valence-corrected chi connectivity index (χ0v) is 11.1. The molecule has 2 aliphatic carbocycles. The molecule has 0 heterocycles. The molecule has 2 unspecified atom stereocenters. The fourth-order valence-electron chi connectivity index (χ4n) is 2.73. The fraction of sp³-hybridized carbons (Fsp3) is 1.00. The standard InChI is InChI=1S/C14H26O3/c1-3-5-11(15)13(7-8-13)17-14(9-10-14)12(16)6-4-2/h11-12,15-16H,3-10H2,1-2H3. The number of ether oxygens (including phenoxy) is 1. The highest BCUT2D eigenvalue weighted by molar-refractivity contribution is 5.10. The summed E-state index contributed by atoms with van der Waals surface area (Å²) in [5.41, 5.74) is -0.636. The Labute approximate surface area is 104 Å². The van der Waals surface area contributed by atoms with E-state index in [4.69, 9.17) is 4.74 Å². The van der Waals surface area contributed by atoms with Gasteiger partial charge in [0, 0.05) is 0 Å². The normalized spacial score (nSPS) is 27.5. The maximum absolute atomic E-state index is 10.1. The maximum Gasteiger partial charge on any atom is 0.0951 e. The highest BCUT2D eigenvalue weighted by Gasteiger charge is 2.60. The quantitative estimate of drug-likeness (QED) is 0.687. The number of hydrogen-bond acceptors (Lipinski definition) is 3. The van der Waals surface area contributed by atoms with Crippen LogP contribution in [0.15, 0.2) is 0 Å². The highest BCUT2D eigenvalue weighted by atomic mass is 16.6. The van der Waals surface area contributed by atoms with E-state index in [1.165, 1.54) is 0 Å². The van der Waals surface area contributed by atoms with Gasteiger partial charge in [-0.3, -0.25) is 0 Å². The van der Waals surface area contributed by atoms with E-state index in [-0.39, 0.29) is 23.4 Å². The molecular formula is C14H26O3. The predicted octanol–water partition coefficient (Wildman–Crippen LogP) is 2.39. The van der Waals surface area contributed by atoms with Crippen LogP contribution in [0.1, 0.15) is 65.2 Å². The van der Waals surface area contributed by atoms with Crippen LogP contribution in [0.25, 0.3) is 0 Å². The van der Waals surface area contributed by atoms with Crippen molar-refractivity contribution in [2.75, 3.05) is 0 Å². The second-order valence-corrected chi connectivity index (χ2v) is 5.84. The van der Waals surface area contributed by atoms with Gasteiger partial charge in [-0.15, -0.1) is 0 Å². The topological polar surface area (TPSA) is 49.7 Å². The lowest BCUT2D eigenvalue weighted by molar-refractivity contribution is -0.149. The first kappa shape index (κ1) is 13.3. The summed E-state index contributed by atoms with van der Waals surface area (Å²) in [5.74, 6) is 0. The summed E-state index contributed by atoms with van der Waals surface area (Å²) in [5, 5.41) is 20.3. The van der Waals surface area contributed by atoms with Crippen LogP contribution in [-0.4, -0.2) is 33.6 Å². The molecule has 2 N–H and O–H groups in total. The molecule has 2 saturated carbocycles. The molecule has 0 aromatic rings. The monoisotopic (exact) mass is 242 g/mol. The molecule has 0 saturated heterocycles. The first-order chi connectivity index (χ1) is 8.08. The van der Waals surface area contributed by atoms with Crippen LogP contribution in [0, 0.1) is 0 Å². The summed E-state index contributed by atoms with van der Waals surface area (Å²) >= 11 is 0. The first-order valence-corrected chi connectivity index (χ1v) is 7.15. The molecule has 0 aromatic heterocycles. The Morgan fingerprint density at radius 3 is 1.47 bits per heavy atom. The van der Waals surface area contributed by atoms with Crippen LogP contribution >= 0.6 is 0 Å². The van der Waals surface area contributed by atoms with Crippen LogP contribution < -0.4 is 0 Å². The van der Waals surface area contributed by atoms with E-state index in [2.05, 4.69) is 13.8 Å². The Balaban J connectivity index is 1.92. The van der Waals surface area contributed by atoms with Gasteiger partial charge < -0.3 is 14.9 Å². The van der Waals surface area contributed by atoms with Crippen LogP contribution in [0.3, 0.4) is 0 Å². The molecule has 0 amide bonds. The smallest absolute Gasteiger partial charge is 0.0951 e. The van der Waals surface area contributed by atoms with E-state index in [0.717, 1.165) is 51.4 Å². The van der Waals surface area contributed by atoms with Gasteiger partial charge >= 0.3 is 0 Å². The summed E-state index contributed by atoms with van der Waals surface area (Å²) in [6.07, 6.45) is 6.69. The summed E-state index contributed by atoms with van der Waals surface area (Å²) in [7, 11) is 0. The summed E-state index contributed by atoms with van der Waals surface area (Å²) < 4.78 is 6.18. The average Bonchev–Trinajstić information content (AvgIpc) is 3.18. The third kappa shape index (κ3) is 2.67. The average molecular weight is 242 g/mol. The maximum atomic E-state index is 10.1. The number of aliphatic hydroxyl groups excluding tert-OH is 2. The molecular weight excluding hydrogens is 216 g/mol. The van der Waals surface area contributed by atoms with E-state index >= 15 is 0 Å². The van der Waals surface area contributed by atoms with Crippen LogP contribution in [0.2, 0.25) is 0 Å². The zero-order chi connectivity index (χ0) is 12.5. The van der Waals surface area contributed by atoms with Crippen molar-refractivity contribution in [2.45, 2.75) is 88.6 Å². The fourth-order valence-corrected chi connectivity index (χ4v) is 2.73. The molecule has 0 bridgehead atoms. The molecule has 0 spiro atoms. The van der Waals surface area contributed by atoms with Crippen LogP contribution in [-0.2, 0) is 4.74 Å². The van der Waals surface area contributed by atoms with E-state index in [1.54, 1.807) is 0 Å². The Morgan fingerprint density at radius 1 is 0.882 bits per heavy atom. The molecule has 2 fully saturated rings. The third-order valence-electron chi connectivity index (χ3n) is 4.23. The molecule has 0 aliphatic heterocycles. The second kappa shape index (κ2) is 4.87. The lowest BCUT2D eigenvalue weighted by Gasteiger charge is -2.31. The number of rotatable bonds is 8. The van der Waals surface area contributed by atoms with E-state index < -0.39 is 0 Å². The van der Waals surface area contributed by atoms with Gasteiger partial charge in [-0.05, 0) is 38.5 Å². The minimum atomic E-state index is -0.348. The highest BCUT2D eigenvalue weighted by Crippen LogP contribution is 2.55. The molecule has 2 aliphatic rings. The van der Waals surface area contributed by atoms with E-state index in [1.807, 2.05) is 0 Å². The minimum absolute atomic E-state index is 0.318. The van der Waals surface area contributed by atoms with Gasteiger partial charge in [0.1, 0.15) is 0 Å². The lowest BCUT2D eigenvalue weighted by atomic mass is 10.0. The molecule has 2 atom stereocenters. The minimum Gasteiger partial charge on any atom is -0.390 e. The Bertz CT molecular complexity index is 230. The van der Waals surface area contributed by atoms with Gasteiger partial charge in [-0.2, -0.15) is 0 Å². The molecule has 3 nitrogen and oxygen atoms in total. The van der Waals surface area contributed by atoms with Crippen LogP contribution in [0.5, 0.6) is 0 Å². The molecule has 100 valence electrons. The van der Waals surface area contributed by atoms with Crippen molar-refractivity contribution in [3.05, 3.63) is 0 Å². The van der Waals surface area contributed by atoms with Crippen molar-refractivity contribution >= 4 is 0 Å². The van der Waals surface area contributed by atoms with Crippen molar-refractivity contribution in [2.24, 2.45) is 0 Å². The predicted molar refractivity (Wildman–Crippen MR) is 66.8 cm³/mol. The van der Waals surface area contributed by atoms with E-state index in [9.17, 15) is 10.2 Å². The van der Waals surface area contributed by atoms with Crippen molar-refractivity contribution < 1.29 is 14.9 Å². The van der Waals surface area contributed by atoms with Crippen LogP contribution in [0.4, 0.5) is 0 Å². The molecule has 0 radical (unpaired) electrons. The van der Waals surface area contributed by atoms with Gasteiger partial charge in [0.2, 0.25) is 0 Å². The first-order valence-electron chi connectivity index (χ1n) is 7.15. The zero-order valence-electron chi connectivity index (χ0n) is 11.1. The Morgan fingerprint density at radius 2 is 1.24 bits per heavy atom. The second-order valence-electron chi connectivity index (χ2n) is 5.84. The molecule has 3 heteroatoms. The van der Waals surface area contributed by atoms with Crippen molar-refractivity contribution in [3.63, 3.8) is 0 Å². The van der Waals surface area contributed by atoms with Gasteiger partial charge in [0.15, 0.2) is 0 Å².